The molecule has 1 aromatic heterocycles. The molecule has 0 radical (unpaired) electrons. The summed E-state index contributed by atoms with van der Waals surface area (Å²) >= 11 is 5.86. The van der Waals surface area contributed by atoms with Crippen LogP contribution in [-0.2, 0) is 12.5 Å². The van der Waals surface area contributed by atoms with Gasteiger partial charge in [-0.3, -0.25) is 4.57 Å². The second-order valence-electron chi connectivity index (χ2n) is 3.83. The Morgan fingerprint density at radius 1 is 1.42 bits per heavy atom. The average Bonchev–Trinajstić information content (AvgIpc) is 2.15. The van der Waals surface area contributed by atoms with Gasteiger partial charge in [-0.05, 0) is 0 Å². The zero-order valence-electron chi connectivity index (χ0n) is 7.65. The highest BCUT2D eigenvalue weighted by molar-refractivity contribution is 6.30. The number of halogens is 2. The summed E-state index contributed by atoms with van der Waals surface area (Å²) in [7, 11) is 1.56. The predicted molar refractivity (Wildman–Crippen MR) is 46.9 cm³/mol. The van der Waals surface area contributed by atoms with Gasteiger partial charge in [0.25, 0.3) is 6.08 Å². The summed E-state index contributed by atoms with van der Waals surface area (Å²) in [6.45, 7) is 5.84. The first-order valence-electron chi connectivity index (χ1n) is 3.72. The van der Waals surface area contributed by atoms with E-state index in [9.17, 15) is 4.39 Å². The van der Waals surface area contributed by atoms with Crippen LogP contribution in [0.15, 0.2) is 0 Å². The lowest BCUT2D eigenvalue weighted by Crippen LogP contribution is -2.12. The van der Waals surface area contributed by atoms with Gasteiger partial charge in [0.2, 0.25) is 0 Å². The van der Waals surface area contributed by atoms with Gasteiger partial charge in [0.15, 0.2) is 0 Å². The van der Waals surface area contributed by atoms with Crippen molar-refractivity contribution < 1.29 is 4.39 Å². The molecule has 1 rings (SSSR count). The fourth-order valence-electron chi connectivity index (χ4n) is 0.930. The van der Waals surface area contributed by atoms with Crippen molar-refractivity contribution in [3.63, 3.8) is 0 Å². The van der Waals surface area contributed by atoms with Crippen LogP contribution >= 0.6 is 11.6 Å². The quantitative estimate of drug-likeness (QED) is 0.615. The monoisotopic (exact) mass is 190 g/mol. The summed E-state index contributed by atoms with van der Waals surface area (Å²) in [5, 5.41) is 0.375. The Morgan fingerprint density at radius 3 is 2.08 bits per heavy atom. The van der Waals surface area contributed by atoms with Crippen molar-refractivity contribution in [2.45, 2.75) is 26.2 Å². The zero-order valence-corrected chi connectivity index (χ0v) is 8.41. The summed E-state index contributed by atoms with van der Waals surface area (Å²) in [4.78, 5) is 3.75. The molecule has 2 nitrogen and oxygen atoms in total. The van der Waals surface area contributed by atoms with Crippen LogP contribution in [0.25, 0.3) is 0 Å². The van der Waals surface area contributed by atoms with E-state index < -0.39 is 6.08 Å². The highest BCUT2D eigenvalue weighted by atomic mass is 35.5. The van der Waals surface area contributed by atoms with Crippen LogP contribution in [0, 0.1) is 6.08 Å². The molecule has 12 heavy (non-hydrogen) atoms. The Balaban J connectivity index is 3.28. The van der Waals surface area contributed by atoms with Crippen LogP contribution in [-0.4, -0.2) is 9.55 Å². The van der Waals surface area contributed by atoms with Crippen LogP contribution in [0.5, 0.6) is 0 Å². The van der Waals surface area contributed by atoms with Gasteiger partial charge in [0.1, 0.15) is 5.15 Å². The zero-order chi connectivity index (χ0) is 9.52. The SMILES string of the molecule is Cn1c(F)nc(C(C)(C)C)c1Cl. The molecule has 0 aromatic carbocycles. The lowest BCUT2D eigenvalue weighted by atomic mass is 9.93. The lowest BCUT2D eigenvalue weighted by molar-refractivity contribution is 0.492. The molecule has 0 aliphatic heterocycles. The van der Waals surface area contributed by atoms with Crippen molar-refractivity contribution in [1.82, 2.24) is 9.55 Å². The summed E-state index contributed by atoms with van der Waals surface area (Å²) in [6, 6.07) is 0. The van der Waals surface area contributed by atoms with Crippen LogP contribution < -0.4 is 0 Å². The average molecular weight is 191 g/mol. The summed E-state index contributed by atoms with van der Waals surface area (Å²) in [6.07, 6.45) is -0.537. The minimum atomic E-state index is -0.537. The van der Waals surface area contributed by atoms with Crippen LogP contribution in [0.3, 0.4) is 0 Å². The first kappa shape index (κ1) is 9.52. The minimum absolute atomic E-state index is 0.209. The van der Waals surface area contributed by atoms with Crippen molar-refractivity contribution >= 4 is 11.6 Å². The standard InChI is InChI=1S/C8H12ClFN2/c1-8(2,3)5-6(9)12(4)7(10)11-5/h1-4H3. The number of imidazole rings is 1. The minimum Gasteiger partial charge on any atom is -0.294 e. The number of rotatable bonds is 0. The summed E-state index contributed by atoms with van der Waals surface area (Å²) < 4.78 is 14.1. The normalized spacial score (nSPS) is 12.2. The van der Waals surface area contributed by atoms with Crippen LogP contribution in [0.4, 0.5) is 4.39 Å². The number of hydrogen-bond acceptors (Lipinski definition) is 1. The van der Waals surface area contributed by atoms with Crippen LogP contribution in [0.2, 0.25) is 5.15 Å². The Labute approximate surface area is 76.4 Å². The van der Waals surface area contributed by atoms with Gasteiger partial charge in [-0.15, -0.1) is 0 Å². The fourth-order valence-corrected chi connectivity index (χ4v) is 1.33. The largest absolute Gasteiger partial charge is 0.294 e. The van der Waals surface area contributed by atoms with E-state index in [2.05, 4.69) is 4.98 Å². The van der Waals surface area contributed by atoms with Crippen molar-refractivity contribution in [2.24, 2.45) is 7.05 Å². The molecule has 0 saturated heterocycles. The third-order valence-electron chi connectivity index (χ3n) is 1.68. The first-order valence-corrected chi connectivity index (χ1v) is 4.10. The van der Waals surface area contributed by atoms with E-state index in [-0.39, 0.29) is 5.41 Å². The molecule has 0 aliphatic carbocycles. The molecule has 0 N–H and O–H groups in total. The molecule has 1 aromatic rings. The summed E-state index contributed by atoms with van der Waals surface area (Å²) in [5.74, 6) is 0. The number of hydrogen-bond donors (Lipinski definition) is 0. The molecule has 68 valence electrons. The maximum atomic E-state index is 12.9. The predicted octanol–water partition coefficient (Wildman–Crippen LogP) is 2.51. The highest BCUT2D eigenvalue weighted by Gasteiger charge is 2.23. The molecule has 0 atom stereocenters. The van der Waals surface area contributed by atoms with Gasteiger partial charge < -0.3 is 0 Å². The van der Waals surface area contributed by atoms with Gasteiger partial charge in [-0.2, -0.15) is 4.39 Å². The second-order valence-corrected chi connectivity index (χ2v) is 4.19. The third-order valence-corrected chi connectivity index (χ3v) is 2.11. The third kappa shape index (κ3) is 1.46. The molecule has 4 heteroatoms. The van der Waals surface area contributed by atoms with E-state index >= 15 is 0 Å². The molecule has 1 heterocycles. The number of aromatic nitrogens is 2. The van der Waals surface area contributed by atoms with Gasteiger partial charge in [-0.25, -0.2) is 4.98 Å². The maximum Gasteiger partial charge on any atom is 0.290 e. The van der Waals surface area contributed by atoms with Gasteiger partial charge in [0, 0.05) is 12.5 Å². The lowest BCUT2D eigenvalue weighted by Gasteiger charge is -2.15. The molecule has 0 aliphatic rings. The Kier molecular flexibility index (Phi) is 2.17. The molecule has 0 saturated carbocycles. The number of nitrogens with zero attached hydrogens (tertiary/aromatic N) is 2. The Hall–Kier alpha value is -0.570. The molecule has 0 fully saturated rings. The highest BCUT2D eigenvalue weighted by Crippen LogP contribution is 2.28. The second kappa shape index (κ2) is 2.73. The molecule has 0 spiro atoms. The molecular formula is C8H12ClFN2. The Bertz CT molecular complexity index is 299. The molecule has 0 bridgehead atoms. The van der Waals surface area contributed by atoms with Crippen molar-refractivity contribution in [3.05, 3.63) is 16.9 Å². The van der Waals surface area contributed by atoms with E-state index in [1.165, 1.54) is 4.57 Å². The molecular weight excluding hydrogens is 179 g/mol. The topological polar surface area (TPSA) is 17.8 Å². The van der Waals surface area contributed by atoms with Gasteiger partial charge >= 0.3 is 0 Å². The molecule has 0 amide bonds. The maximum absolute atomic E-state index is 12.9. The fraction of sp³-hybridized carbons (Fsp3) is 0.625. The van der Waals surface area contributed by atoms with E-state index in [0.29, 0.717) is 10.8 Å². The summed E-state index contributed by atoms with van der Waals surface area (Å²) in [5.41, 5.74) is 0.392. The van der Waals surface area contributed by atoms with Crippen LogP contribution in [0.1, 0.15) is 26.5 Å². The van der Waals surface area contributed by atoms with Gasteiger partial charge in [-0.1, -0.05) is 32.4 Å². The van der Waals surface area contributed by atoms with E-state index in [4.69, 9.17) is 11.6 Å². The van der Waals surface area contributed by atoms with E-state index in [0.717, 1.165) is 0 Å². The van der Waals surface area contributed by atoms with E-state index in [1.807, 2.05) is 20.8 Å². The van der Waals surface area contributed by atoms with E-state index in [1.54, 1.807) is 7.05 Å². The van der Waals surface area contributed by atoms with Crippen molar-refractivity contribution in [3.8, 4) is 0 Å². The molecule has 0 unspecified atom stereocenters. The van der Waals surface area contributed by atoms with Gasteiger partial charge in [0.05, 0.1) is 5.69 Å². The first-order chi connectivity index (χ1) is 5.34. The van der Waals surface area contributed by atoms with Crippen molar-refractivity contribution in [2.75, 3.05) is 0 Å². The Morgan fingerprint density at radius 2 is 1.92 bits per heavy atom. The smallest absolute Gasteiger partial charge is 0.290 e. The van der Waals surface area contributed by atoms with Crippen molar-refractivity contribution in [1.29, 1.82) is 0 Å².